The van der Waals surface area contributed by atoms with E-state index in [2.05, 4.69) is 0 Å². The molecule has 0 bridgehead atoms. The van der Waals surface area contributed by atoms with Crippen LogP contribution in [-0.4, -0.2) is 52.7 Å². The third-order valence-electron chi connectivity index (χ3n) is 3.00. The molecule has 1 heterocycles. The average Bonchev–Trinajstić information content (AvgIpc) is 2.76. The maximum Gasteiger partial charge on any atom is 0.266 e. The maximum absolute atomic E-state index is 12.2. The van der Waals surface area contributed by atoms with Gasteiger partial charge in [0, 0.05) is 0 Å². The fraction of sp³-hybridized carbons (Fsp3) is 0.286. The summed E-state index contributed by atoms with van der Waals surface area (Å²) in [6.45, 7) is 0.0187. The van der Waals surface area contributed by atoms with Gasteiger partial charge in [-0.05, 0) is 23.8 Å². The Kier molecular flexibility index (Phi) is 5.28. The normalized spacial score (nSPS) is 16.5. The van der Waals surface area contributed by atoms with Gasteiger partial charge in [0.15, 0.2) is 11.5 Å². The number of aliphatic hydroxyl groups is 1. The Labute approximate surface area is 137 Å². The molecule has 0 aromatic heterocycles. The number of phenolic OH excluding ortho intramolecular Hbond substituents is 1. The topological polar surface area (TPSA) is 79.2 Å². The van der Waals surface area contributed by atoms with E-state index in [1.54, 1.807) is 18.2 Å². The van der Waals surface area contributed by atoms with Crippen LogP contribution in [0.5, 0.6) is 17.2 Å². The van der Waals surface area contributed by atoms with E-state index in [0.717, 1.165) is 11.8 Å². The van der Waals surface area contributed by atoms with Crippen LogP contribution >= 0.6 is 24.0 Å². The van der Waals surface area contributed by atoms with Gasteiger partial charge in [0.1, 0.15) is 4.32 Å². The molecule has 0 unspecified atom stereocenters. The summed E-state index contributed by atoms with van der Waals surface area (Å²) >= 11 is 6.28. The van der Waals surface area contributed by atoms with Crippen molar-refractivity contribution in [3.8, 4) is 17.2 Å². The van der Waals surface area contributed by atoms with E-state index in [0.29, 0.717) is 14.8 Å². The molecule has 1 aromatic rings. The van der Waals surface area contributed by atoms with Crippen LogP contribution in [0.15, 0.2) is 17.0 Å². The summed E-state index contributed by atoms with van der Waals surface area (Å²) < 4.78 is 10.6. The quantitative estimate of drug-likeness (QED) is 0.622. The van der Waals surface area contributed by atoms with Gasteiger partial charge >= 0.3 is 0 Å². The zero-order valence-electron chi connectivity index (χ0n) is 12.0. The monoisotopic (exact) mass is 341 g/mol. The van der Waals surface area contributed by atoms with E-state index in [1.165, 1.54) is 19.1 Å². The third kappa shape index (κ3) is 3.18. The van der Waals surface area contributed by atoms with Crippen LogP contribution in [0.4, 0.5) is 0 Å². The molecule has 0 atom stereocenters. The Bertz CT molecular complexity index is 619. The lowest BCUT2D eigenvalue weighted by Crippen LogP contribution is -2.30. The fourth-order valence-electron chi connectivity index (χ4n) is 1.94. The molecule has 0 aliphatic carbocycles. The Morgan fingerprint density at radius 2 is 1.91 bits per heavy atom. The number of nitrogens with zero attached hydrogens (tertiary/aromatic N) is 1. The number of β-amino-alcohol motifs (C(OH)–C–C–N with tert-alkyl or cyclic N) is 1. The zero-order valence-corrected chi connectivity index (χ0v) is 13.7. The van der Waals surface area contributed by atoms with Gasteiger partial charge in [-0.1, -0.05) is 24.0 Å². The Morgan fingerprint density at radius 3 is 2.41 bits per heavy atom. The number of methoxy groups -OCH3 is 2. The lowest BCUT2D eigenvalue weighted by Gasteiger charge is -2.11. The molecule has 0 spiro atoms. The van der Waals surface area contributed by atoms with Crippen molar-refractivity contribution in [2.24, 2.45) is 0 Å². The molecule has 6 nitrogen and oxygen atoms in total. The van der Waals surface area contributed by atoms with Crippen molar-refractivity contribution < 1.29 is 24.5 Å². The molecule has 0 saturated carbocycles. The molecular formula is C14H15NO5S2. The number of amides is 1. The van der Waals surface area contributed by atoms with Crippen molar-refractivity contribution in [2.75, 3.05) is 27.4 Å². The minimum absolute atomic E-state index is 0.102. The third-order valence-corrected chi connectivity index (χ3v) is 4.37. The van der Waals surface area contributed by atoms with Crippen LogP contribution in [0, 0.1) is 0 Å². The predicted molar refractivity (Wildman–Crippen MR) is 88.2 cm³/mol. The molecule has 1 aromatic carbocycles. The number of carbonyl (C=O) groups is 1. The van der Waals surface area contributed by atoms with Crippen LogP contribution in [0.25, 0.3) is 6.08 Å². The highest BCUT2D eigenvalue weighted by molar-refractivity contribution is 8.26. The van der Waals surface area contributed by atoms with Gasteiger partial charge in [-0.25, -0.2) is 0 Å². The maximum atomic E-state index is 12.2. The number of ether oxygens (including phenoxy) is 2. The Hall–Kier alpha value is -1.77. The van der Waals surface area contributed by atoms with Crippen LogP contribution in [-0.2, 0) is 4.79 Å². The number of aromatic hydroxyl groups is 1. The smallest absolute Gasteiger partial charge is 0.266 e. The summed E-state index contributed by atoms with van der Waals surface area (Å²) in [5.41, 5.74) is 0.635. The minimum atomic E-state index is -0.255. The molecule has 2 rings (SSSR count). The molecule has 1 amide bonds. The van der Waals surface area contributed by atoms with Gasteiger partial charge in [-0.2, -0.15) is 0 Å². The second kappa shape index (κ2) is 6.99. The first kappa shape index (κ1) is 16.6. The van der Waals surface area contributed by atoms with Crippen LogP contribution < -0.4 is 9.47 Å². The van der Waals surface area contributed by atoms with Crippen molar-refractivity contribution in [3.05, 3.63) is 22.6 Å². The van der Waals surface area contributed by atoms with E-state index in [9.17, 15) is 9.90 Å². The molecule has 8 heteroatoms. The molecule has 2 N–H and O–H groups in total. The number of hydrogen-bond acceptors (Lipinski definition) is 7. The predicted octanol–water partition coefficient (Wildman–Crippen LogP) is 1.60. The molecule has 0 radical (unpaired) electrons. The molecule has 118 valence electrons. The fourth-order valence-corrected chi connectivity index (χ4v) is 3.25. The largest absolute Gasteiger partial charge is 0.502 e. The first-order chi connectivity index (χ1) is 10.5. The highest BCUT2D eigenvalue weighted by Crippen LogP contribution is 2.39. The lowest BCUT2D eigenvalue weighted by atomic mass is 10.1. The van der Waals surface area contributed by atoms with Gasteiger partial charge in [0.05, 0.1) is 32.3 Å². The standard InChI is InChI=1S/C14H15NO5S2/c1-19-9-5-8(6-10(20-2)12(9)17)7-11-13(18)15(3-4-16)14(21)22-11/h5-7,16-17H,3-4H2,1-2H3/b11-7-. The van der Waals surface area contributed by atoms with E-state index < -0.39 is 0 Å². The van der Waals surface area contributed by atoms with Crippen molar-refractivity contribution in [1.29, 1.82) is 0 Å². The molecule has 22 heavy (non-hydrogen) atoms. The average molecular weight is 341 g/mol. The number of aliphatic hydroxyl groups excluding tert-OH is 1. The minimum Gasteiger partial charge on any atom is -0.502 e. The Balaban J connectivity index is 2.37. The highest BCUT2D eigenvalue weighted by atomic mass is 32.2. The van der Waals surface area contributed by atoms with Crippen LogP contribution in [0.1, 0.15) is 5.56 Å². The molecule has 1 fully saturated rings. The van der Waals surface area contributed by atoms with Crippen molar-refractivity contribution in [1.82, 2.24) is 4.90 Å². The van der Waals surface area contributed by atoms with Gasteiger partial charge in [-0.15, -0.1) is 0 Å². The second-order valence-corrected chi connectivity index (χ2v) is 6.01. The SMILES string of the molecule is COc1cc(/C=C2\SC(=S)N(CCO)C2=O)cc(OC)c1O. The van der Waals surface area contributed by atoms with Crippen LogP contribution in [0.3, 0.4) is 0 Å². The van der Waals surface area contributed by atoms with Crippen molar-refractivity contribution >= 4 is 40.3 Å². The summed E-state index contributed by atoms with van der Waals surface area (Å²) in [5.74, 6) is 0.137. The number of thioether (sulfide) groups is 1. The zero-order chi connectivity index (χ0) is 16.3. The van der Waals surface area contributed by atoms with Crippen molar-refractivity contribution in [2.45, 2.75) is 0 Å². The van der Waals surface area contributed by atoms with Crippen LogP contribution in [0.2, 0.25) is 0 Å². The molecule has 1 aliphatic rings. The number of phenols is 1. The van der Waals surface area contributed by atoms with Gasteiger partial charge in [0.25, 0.3) is 5.91 Å². The van der Waals surface area contributed by atoms with Crippen molar-refractivity contribution in [3.63, 3.8) is 0 Å². The first-order valence-corrected chi connectivity index (χ1v) is 7.55. The summed E-state index contributed by atoms with van der Waals surface area (Å²) in [4.78, 5) is 14.0. The summed E-state index contributed by atoms with van der Waals surface area (Å²) in [7, 11) is 2.86. The van der Waals surface area contributed by atoms with Gasteiger partial charge in [-0.3, -0.25) is 9.69 Å². The molecular weight excluding hydrogens is 326 g/mol. The summed E-state index contributed by atoms with van der Waals surface area (Å²) in [6.07, 6.45) is 1.64. The van der Waals surface area contributed by atoms with E-state index >= 15 is 0 Å². The Morgan fingerprint density at radius 1 is 1.32 bits per heavy atom. The lowest BCUT2D eigenvalue weighted by molar-refractivity contribution is -0.122. The number of benzene rings is 1. The number of thiocarbonyl (C=S) groups is 1. The second-order valence-electron chi connectivity index (χ2n) is 4.33. The molecule has 1 aliphatic heterocycles. The summed E-state index contributed by atoms with van der Waals surface area (Å²) in [5, 5.41) is 18.8. The van der Waals surface area contributed by atoms with Gasteiger partial charge in [0.2, 0.25) is 5.75 Å². The van der Waals surface area contributed by atoms with E-state index in [1.807, 2.05) is 0 Å². The summed E-state index contributed by atoms with van der Waals surface area (Å²) in [6, 6.07) is 3.19. The first-order valence-electron chi connectivity index (χ1n) is 6.33. The van der Waals surface area contributed by atoms with Gasteiger partial charge < -0.3 is 19.7 Å². The number of hydrogen-bond donors (Lipinski definition) is 2. The van der Waals surface area contributed by atoms with E-state index in [4.69, 9.17) is 26.8 Å². The highest BCUT2D eigenvalue weighted by Gasteiger charge is 2.31. The number of carbonyl (C=O) groups excluding carboxylic acids is 1. The number of rotatable bonds is 5. The van der Waals surface area contributed by atoms with E-state index in [-0.39, 0.29) is 36.3 Å². The molecule has 1 saturated heterocycles.